The molecule has 0 unspecified atom stereocenters. The maximum atomic E-state index is 11.6. The smallest absolute Gasteiger partial charge is 0.234 e. The molecule has 0 bridgehead atoms. The summed E-state index contributed by atoms with van der Waals surface area (Å²) in [5.41, 5.74) is 0.891. The largest absolute Gasteiger partial charge is 0.347 e. The first-order chi connectivity index (χ1) is 7.75. The van der Waals surface area contributed by atoms with Gasteiger partial charge in [-0.25, -0.2) is 0 Å². The average Bonchev–Trinajstić information content (AvgIpc) is 3.11. The second-order valence-electron chi connectivity index (χ2n) is 4.20. The Kier molecular flexibility index (Phi) is 3.51. The normalized spacial score (nSPS) is 16.8. The first kappa shape index (κ1) is 11.1. The van der Waals surface area contributed by atoms with Gasteiger partial charge in [0.25, 0.3) is 0 Å². The molecule has 0 aliphatic heterocycles. The van der Waals surface area contributed by atoms with E-state index >= 15 is 0 Å². The van der Waals surface area contributed by atoms with E-state index in [9.17, 15) is 4.79 Å². The molecule has 1 heterocycles. The van der Waals surface area contributed by atoms with Crippen molar-refractivity contribution in [3.05, 3.63) is 30.1 Å². The number of amides is 1. The third-order valence-electron chi connectivity index (χ3n) is 2.64. The monoisotopic (exact) mass is 219 g/mol. The molecule has 0 radical (unpaired) electrons. The highest BCUT2D eigenvalue weighted by molar-refractivity contribution is 5.78. The maximum Gasteiger partial charge on any atom is 0.234 e. The molecule has 86 valence electrons. The van der Waals surface area contributed by atoms with Gasteiger partial charge in [0.2, 0.25) is 5.91 Å². The zero-order chi connectivity index (χ0) is 11.4. The maximum absolute atomic E-state index is 11.6. The van der Waals surface area contributed by atoms with Gasteiger partial charge >= 0.3 is 0 Å². The van der Waals surface area contributed by atoms with Gasteiger partial charge in [0.05, 0.1) is 18.3 Å². The Bertz CT molecular complexity index is 349. The van der Waals surface area contributed by atoms with E-state index in [-0.39, 0.29) is 11.9 Å². The first-order valence-electron chi connectivity index (χ1n) is 5.69. The van der Waals surface area contributed by atoms with Crippen LogP contribution in [0.15, 0.2) is 24.4 Å². The van der Waals surface area contributed by atoms with Gasteiger partial charge in [-0.15, -0.1) is 0 Å². The van der Waals surface area contributed by atoms with E-state index in [1.807, 2.05) is 25.1 Å². The zero-order valence-corrected chi connectivity index (χ0v) is 9.44. The van der Waals surface area contributed by atoms with Crippen LogP contribution in [0.1, 0.15) is 31.5 Å². The average molecular weight is 219 g/mol. The predicted molar refractivity (Wildman–Crippen MR) is 61.8 cm³/mol. The summed E-state index contributed by atoms with van der Waals surface area (Å²) in [6.07, 6.45) is 4.13. The van der Waals surface area contributed by atoms with Gasteiger partial charge in [0.1, 0.15) is 0 Å². The highest BCUT2D eigenvalue weighted by Crippen LogP contribution is 2.18. The summed E-state index contributed by atoms with van der Waals surface area (Å²) in [5, 5.41) is 6.10. The highest BCUT2D eigenvalue weighted by atomic mass is 16.2. The fourth-order valence-corrected chi connectivity index (χ4v) is 1.52. The minimum atomic E-state index is -0.0327. The minimum absolute atomic E-state index is 0.0325. The lowest BCUT2D eigenvalue weighted by Gasteiger charge is -2.13. The van der Waals surface area contributed by atoms with E-state index in [0.29, 0.717) is 12.6 Å². The molecule has 0 saturated heterocycles. The van der Waals surface area contributed by atoms with E-state index in [1.165, 1.54) is 12.8 Å². The van der Waals surface area contributed by atoms with Crippen LogP contribution in [0.3, 0.4) is 0 Å². The Morgan fingerprint density at radius 2 is 2.38 bits per heavy atom. The number of aromatic nitrogens is 1. The van der Waals surface area contributed by atoms with Crippen LogP contribution in [-0.4, -0.2) is 23.5 Å². The Morgan fingerprint density at radius 1 is 1.56 bits per heavy atom. The van der Waals surface area contributed by atoms with Crippen molar-refractivity contribution < 1.29 is 4.79 Å². The Hall–Kier alpha value is -1.42. The van der Waals surface area contributed by atoms with Gasteiger partial charge in [0.15, 0.2) is 0 Å². The summed E-state index contributed by atoms with van der Waals surface area (Å²) in [6.45, 7) is 2.35. The van der Waals surface area contributed by atoms with Gasteiger partial charge in [0, 0.05) is 12.2 Å². The molecule has 4 heteroatoms. The molecule has 1 fully saturated rings. The Balaban J connectivity index is 1.77. The van der Waals surface area contributed by atoms with Crippen molar-refractivity contribution >= 4 is 5.91 Å². The molecule has 0 spiro atoms. The molecule has 4 nitrogen and oxygen atoms in total. The molecule has 16 heavy (non-hydrogen) atoms. The number of nitrogens with one attached hydrogen (secondary N) is 2. The summed E-state index contributed by atoms with van der Waals surface area (Å²) in [5.74, 6) is 0.0325. The molecule has 0 aromatic carbocycles. The molecular formula is C12H17N3O. The van der Waals surface area contributed by atoms with Gasteiger partial charge in [-0.2, -0.15) is 0 Å². The molecule has 1 saturated carbocycles. The number of hydrogen-bond acceptors (Lipinski definition) is 3. The number of carbonyl (C=O) groups is 1. The molecule has 1 aromatic rings. The Morgan fingerprint density at radius 3 is 3.00 bits per heavy atom. The van der Waals surface area contributed by atoms with E-state index in [4.69, 9.17) is 0 Å². The number of rotatable bonds is 5. The van der Waals surface area contributed by atoms with Crippen molar-refractivity contribution in [1.29, 1.82) is 0 Å². The zero-order valence-electron chi connectivity index (χ0n) is 9.44. The van der Waals surface area contributed by atoms with Crippen LogP contribution in [0.5, 0.6) is 0 Å². The van der Waals surface area contributed by atoms with Gasteiger partial charge in [-0.3, -0.25) is 9.78 Å². The van der Waals surface area contributed by atoms with E-state index in [0.717, 1.165) is 5.69 Å². The Labute approximate surface area is 95.5 Å². The number of carbonyl (C=O) groups excluding carboxylic acids is 1. The number of hydrogen-bond donors (Lipinski definition) is 2. The minimum Gasteiger partial charge on any atom is -0.347 e. The molecule has 1 amide bonds. The van der Waals surface area contributed by atoms with Gasteiger partial charge < -0.3 is 10.6 Å². The van der Waals surface area contributed by atoms with Crippen LogP contribution >= 0.6 is 0 Å². The molecule has 1 atom stereocenters. The summed E-state index contributed by atoms with van der Waals surface area (Å²) < 4.78 is 0. The van der Waals surface area contributed by atoms with Crippen LogP contribution in [-0.2, 0) is 4.79 Å². The van der Waals surface area contributed by atoms with Crippen molar-refractivity contribution in [2.45, 2.75) is 31.8 Å². The van der Waals surface area contributed by atoms with Gasteiger partial charge in [-0.1, -0.05) is 6.07 Å². The first-order valence-corrected chi connectivity index (χ1v) is 5.69. The summed E-state index contributed by atoms with van der Waals surface area (Å²) >= 11 is 0. The van der Waals surface area contributed by atoms with Crippen LogP contribution in [0.25, 0.3) is 0 Å². The lowest BCUT2D eigenvalue weighted by atomic mass is 10.2. The lowest BCUT2D eigenvalue weighted by Crippen LogP contribution is -2.36. The lowest BCUT2D eigenvalue weighted by molar-refractivity contribution is -0.120. The molecule has 1 aliphatic rings. The van der Waals surface area contributed by atoms with Crippen molar-refractivity contribution in [3.63, 3.8) is 0 Å². The number of pyridine rings is 1. The van der Waals surface area contributed by atoms with Gasteiger partial charge in [-0.05, 0) is 31.9 Å². The third-order valence-corrected chi connectivity index (χ3v) is 2.64. The highest BCUT2D eigenvalue weighted by Gasteiger charge is 2.21. The molecule has 2 rings (SSSR count). The standard InChI is InChI=1S/C12H17N3O/c1-9(11-4-2-3-7-13-11)15-12(16)8-14-10-5-6-10/h2-4,7,9-10,14H,5-6,8H2,1H3,(H,15,16)/t9-/m1/s1. The SMILES string of the molecule is C[C@@H](NC(=O)CNC1CC1)c1ccccn1. The van der Waals surface area contributed by atoms with Crippen molar-refractivity contribution in [3.8, 4) is 0 Å². The van der Waals surface area contributed by atoms with Crippen LogP contribution in [0, 0.1) is 0 Å². The molecule has 1 aromatic heterocycles. The van der Waals surface area contributed by atoms with Crippen LogP contribution in [0.2, 0.25) is 0 Å². The molecule has 2 N–H and O–H groups in total. The predicted octanol–water partition coefficient (Wildman–Crippen LogP) is 1.01. The topological polar surface area (TPSA) is 54.0 Å². The van der Waals surface area contributed by atoms with Crippen LogP contribution in [0.4, 0.5) is 0 Å². The fraction of sp³-hybridized carbons (Fsp3) is 0.500. The van der Waals surface area contributed by atoms with E-state index in [2.05, 4.69) is 15.6 Å². The fourth-order valence-electron chi connectivity index (χ4n) is 1.52. The summed E-state index contributed by atoms with van der Waals surface area (Å²) in [4.78, 5) is 15.8. The van der Waals surface area contributed by atoms with Crippen molar-refractivity contribution in [2.75, 3.05) is 6.54 Å². The van der Waals surface area contributed by atoms with E-state index < -0.39 is 0 Å². The third kappa shape index (κ3) is 3.31. The summed E-state index contributed by atoms with van der Waals surface area (Å²) in [7, 11) is 0. The van der Waals surface area contributed by atoms with E-state index in [1.54, 1.807) is 6.20 Å². The quantitative estimate of drug-likeness (QED) is 0.777. The van der Waals surface area contributed by atoms with Crippen molar-refractivity contribution in [2.24, 2.45) is 0 Å². The molecular weight excluding hydrogens is 202 g/mol. The van der Waals surface area contributed by atoms with Crippen molar-refractivity contribution in [1.82, 2.24) is 15.6 Å². The second-order valence-corrected chi connectivity index (χ2v) is 4.20. The molecule has 1 aliphatic carbocycles. The van der Waals surface area contributed by atoms with Crippen LogP contribution < -0.4 is 10.6 Å². The summed E-state index contributed by atoms with van der Waals surface area (Å²) in [6, 6.07) is 6.24. The second kappa shape index (κ2) is 5.07. The number of nitrogens with zero attached hydrogens (tertiary/aromatic N) is 1.